The second kappa shape index (κ2) is 11.0. The second-order valence-electron chi connectivity index (χ2n) is 9.14. The van der Waals surface area contributed by atoms with E-state index in [1.54, 1.807) is 48.8 Å². The van der Waals surface area contributed by atoms with E-state index in [0.717, 1.165) is 21.2 Å². The first-order valence-electron chi connectivity index (χ1n) is 12.1. The number of aliphatic hydroxyl groups excluding tert-OH is 1. The lowest BCUT2D eigenvalue weighted by molar-refractivity contribution is -0.140. The van der Waals surface area contributed by atoms with Crippen LogP contribution < -0.4 is 4.74 Å². The van der Waals surface area contributed by atoms with Gasteiger partial charge >= 0.3 is 0 Å². The molecule has 1 aliphatic rings. The summed E-state index contributed by atoms with van der Waals surface area (Å²) in [7, 11) is 0. The number of Topliss-reactive ketones (excluding diaryl/α,β-unsaturated/α-hetero) is 1. The molecule has 7 heteroatoms. The van der Waals surface area contributed by atoms with Crippen LogP contribution in [0.3, 0.4) is 0 Å². The molecule has 1 N–H and O–H groups in total. The Morgan fingerprint density at radius 1 is 0.947 bits per heavy atom. The molecule has 2 heterocycles. The van der Waals surface area contributed by atoms with Crippen LogP contribution in [-0.2, 0) is 22.7 Å². The lowest BCUT2D eigenvalue weighted by atomic mass is 9.95. The van der Waals surface area contributed by atoms with Gasteiger partial charge in [-0.25, -0.2) is 0 Å². The number of ether oxygens (including phenoxy) is 1. The first kappa shape index (κ1) is 25.4. The topological polar surface area (TPSA) is 79.7 Å². The first-order valence-corrected chi connectivity index (χ1v) is 12.9. The van der Waals surface area contributed by atoms with E-state index in [2.05, 4.69) is 27.0 Å². The van der Waals surface area contributed by atoms with Crippen molar-refractivity contribution in [3.05, 3.63) is 135 Å². The number of aliphatic hydroxyl groups is 1. The van der Waals surface area contributed by atoms with E-state index >= 15 is 0 Å². The Bertz CT molecular complexity index is 1520. The quantitative estimate of drug-likeness (QED) is 0.159. The number of aromatic nitrogens is 1. The molecule has 1 aliphatic heterocycles. The third-order valence-corrected chi connectivity index (χ3v) is 6.92. The van der Waals surface area contributed by atoms with Gasteiger partial charge in [-0.15, -0.1) is 0 Å². The van der Waals surface area contributed by atoms with Gasteiger partial charge in [0.05, 0.1) is 11.6 Å². The molecule has 5 rings (SSSR count). The normalized spacial score (nSPS) is 16.6. The van der Waals surface area contributed by atoms with E-state index in [1.807, 2.05) is 49.4 Å². The van der Waals surface area contributed by atoms with Crippen molar-refractivity contribution in [1.29, 1.82) is 0 Å². The standard InChI is InChI=1S/C31H25BrN2O4/c1-20-4-2-5-22(16-20)19-38-26-10-8-23(9-11-26)29(35)27-28(24-6-3-7-25(32)17-24)34(31(37)30(27)36)18-21-12-14-33-15-13-21/h2-17,28,35H,18-19H2,1H3. The third-order valence-electron chi connectivity index (χ3n) is 6.42. The average molecular weight is 569 g/mol. The van der Waals surface area contributed by atoms with Gasteiger partial charge in [-0.3, -0.25) is 14.6 Å². The Morgan fingerprint density at radius 3 is 2.39 bits per heavy atom. The van der Waals surface area contributed by atoms with E-state index in [-0.39, 0.29) is 17.9 Å². The molecule has 0 aliphatic carbocycles. The highest BCUT2D eigenvalue weighted by atomic mass is 79.9. The Morgan fingerprint density at radius 2 is 1.68 bits per heavy atom. The number of likely N-dealkylation sites (tertiary alicyclic amines) is 1. The SMILES string of the molecule is Cc1cccc(COc2ccc(C(O)=C3C(=O)C(=O)N(Cc4ccncc4)C3c3cccc(Br)c3)cc2)c1. The monoisotopic (exact) mass is 568 g/mol. The number of benzene rings is 3. The lowest BCUT2D eigenvalue weighted by Gasteiger charge is -2.25. The molecular formula is C31H25BrN2O4. The van der Waals surface area contributed by atoms with Gasteiger partial charge in [-0.05, 0) is 72.1 Å². The zero-order valence-electron chi connectivity index (χ0n) is 20.7. The molecule has 1 atom stereocenters. The number of ketones is 1. The molecular weight excluding hydrogens is 544 g/mol. The van der Waals surface area contributed by atoms with Crippen LogP contribution in [0.5, 0.6) is 5.75 Å². The van der Waals surface area contributed by atoms with Crippen LogP contribution in [0.4, 0.5) is 0 Å². The molecule has 0 bridgehead atoms. The molecule has 3 aromatic carbocycles. The Kier molecular flexibility index (Phi) is 7.38. The van der Waals surface area contributed by atoms with Crippen molar-refractivity contribution in [2.45, 2.75) is 26.1 Å². The average Bonchev–Trinajstić information content (AvgIpc) is 3.17. The molecule has 0 saturated carbocycles. The minimum atomic E-state index is -0.752. The van der Waals surface area contributed by atoms with E-state index in [4.69, 9.17) is 4.74 Å². The Balaban J connectivity index is 1.47. The second-order valence-corrected chi connectivity index (χ2v) is 10.1. The van der Waals surface area contributed by atoms with Crippen LogP contribution in [0.25, 0.3) is 5.76 Å². The van der Waals surface area contributed by atoms with Crippen LogP contribution in [0.15, 0.2) is 107 Å². The van der Waals surface area contributed by atoms with Crippen LogP contribution in [0, 0.1) is 6.92 Å². The smallest absolute Gasteiger partial charge is 0.295 e. The molecule has 1 fully saturated rings. The fourth-order valence-corrected chi connectivity index (χ4v) is 5.00. The van der Waals surface area contributed by atoms with E-state index in [0.29, 0.717) is 23.5 Å². The summed E-state index contributed by atoms with van der Waals surface area (Å²) in [5.41, 5.74) is 4.24. The van der Waals surface area contributed by atoms with Gasteiger partial charge in [0.25, 0.3) is 11.7 Å². The van der Waals surface area contributed by atoms with Crippen molar-refractivity contribution < 1.29 is 19.4 Å². The molecule has 0 radical (unpaired) electrons. The summed E-state index contributed by atoms with van der Waals surface area (Å²) < 4.78 is 6.70. The molecule has 1 saturated heterocycles. The fraction of sp³-hybridized carbons (Fsp3) is 0.129. The van der Waals surface area contributed by atoms with Crippen molar-refractivity contribution in [2.24, 2.45) is 0 Å². The lowest BCUT2D eigenvalue weighted by Crippen LogP contribution is -2.29. The van der Waals surface area contributed by atoms with Gasteiger partial charge in [-0.1, -0.05) is 57.9 Å². The number of halogens is 1. The number of amides is 1. The number of pyridine rings is 1. The molecule has 1 aromatic heterocycles. The van der Waals surface area contributed by atoms with Gasteiger partial charge in [0.2, 0.25) is 0 Å². The molecule has 38 heavy (non-hydrogen) atoms. The van der Waals surface area contributed by atoms with Crippen molar-refractivity contribution in [3.8, 4) is 5.75 Å². The Labute approximate surface area is 229 Å². The van der Waals surface area contributed by atoms with Crippen molar-refractivity contribution in [3.63, 3.8) is 0 Å². The Hall–Kier alpha value is -4.23. The van der Waals surface area contributed by atoms with Crippen LogP contribution in [-0.4, -0.2) is 26.7 Å². The zero-order chi connectivity index (χ0) is 26.6. The minimum Gasteiger partial charge on any atom is -0.507 e. The molecule has 1 amide bonds. The number of nitrogens with zero attached hydrogens (tertiary/aromatic N) is 2. The number of hydrogen-bond acceptors (Lipinski definition) is 5. The highest BCUT2D eigenvalue weighted by Crippen LogP contribution is 2.41. The summed E-state index contributed by atoms with van der Waals surface area (Å²) in [6.45, 7) is 2.64. The predicted molar refractivity (Wildman–Crippen MR) is 148 cm³/mol. The number of carbonyl (C=O) groups is 2. The summed E-state index contributed by atoms with van der Waals surface area (Å²) >= 11 is 3.48. The fourth-order valence-electron chi connectivity index (χ4n) is 4.58. The maximum Gasteiger partial charge on any atom is 0.295 e. The number of hydrogen-bond donors (Lipinski definition) is 1. The summed E-state index contributed by atoms with van der Waals surface area (Å²) in [6.07, 6.45) is 3.28. The molecule has 0 spiro atoms. The van der Waals surface area contributed by atoms with Gasteiger partial charge in [0, 0.05) is 29.0 Å². The van der Waals surface area contributed by atoms with E-state index in [1.165, 1.54) is 4.90 Å². The number of rotatable bonds is 7. The first-order chi connectivity index (χ1) is 18.4. The summed E-state index contributed by atoms with van der Waals surface area (Å²) in [5.74, 6) is -0.978. The van der Waals surface area contributed by atoms with Gasteiger partial charge in [0.15, 0.2) is 0 Å². The summed E-state index contributed by atoms with van der Waals surface area (Å²) in [6, 6.07) is 25.2. The maximum atomic E-state index is 13.3. The predicted octanol–water partition coefficient (Wildman–Crippen LogP) is 6.35. The summed E-state index contributed by atoms with van der Waals surface area (Å²) in [4.78, 5) is 32.0. The van der Waals surface area contributed by atoms with E-state index in [9.17, 15) is 14.7 Å². The van der Waals surface area contributed by atoms with Crippen molar-refractivity contribution in [1.82, 2.24) is 9.88 Å². The molecule has 1 unspecified atom stereocenters. The van der Waals surface area contributed by atoms with Gasteiger partial charge < -0.3 is 14.7 Å². The van der Waals surface area contributed by atoms with Crippen molar-refractivity contribution >= 4 is 33.4 Å². The van der Waals surface area contributed by atoms with E-state index < -0.39 is 17.7 Å². The highest BCUT2D eigenvalue weighted by molar-refractivity contribution is 9.10. The largest absolute Gasteiger partial charge is 0.507 e. The minimum absolute atomic E-state index is 0.0515. The van der Waals surface area contributed by atoms with Gasteiger partial charge in [-0.2, -0.15) is 0 Å². The van der Waals surface area contributed by atoms with Crippen LogP contribution in [0.1, 0.15) is 33.9 Å². The maximum absolute atomic E-state index is 13.3. The number of aryl methyl sites for hydroxylation is 1. The van der Waals surface area contributed by atoms with Gasteiger partial charge in [0.1, 0.15) is 18.1 Å². The summed E-state index contributed by atoms with van der Waals surface area (Å²) in [5, 5.41) is 11.3. The van der Waals surface area contributed by atoms with Crippen molar-refractivity contribution in [2.75, 3.05) is 0 Å². The highest BCUT2D eigenvalue weighted by Gasteiger charge is 2.46. The molecule has 4 aromatic rings. The third kappa shape index (κ3) is 5.38. The number of carbonyl (C=O) groups excluding carboxylic acids is 2. The molecule has 190 valence electrons. The van der Waals surface area contributed by atoms with Crippen LogP contribution in [0.2, 0.25) is 0 Å². The molecule has 6 nitrogen and oxygen atoms in total. The van der Waals surface area contributed by atoms with Crippen LogP contribution >= 0.6 is 15.9 Å². The zero-order valence-corrected chi connectivity index (χ0v) is 22.3.